The van der Waals surface area contributed by atoms with Crippen LogP contribution < -0.4 is 5.32 Å². The molecular weight excluding hydrogens is 343 g/mol. The molecule has 0 saturated carbocycles. The number of nitrogens with zero attached hydrogens (tertiary/aromatic N) is 1. The number of hydrogen-bond acceptors (Lipinski definition) is 2. The van der Waals surface area contributed by atoms with Crippen LogP contribution in [0.15, 0.2) is 54.6 Å². The van der Waals surface area contributed by atoms with Gasteiger partial charge in [0.25, 0.3) is 0 Å². The Kier molecular flexibility index (Phi) is 7.99. The van der Waals surface area contributed by atoms with Gasteiger partial charge in [0.15, 0.2) is 0 Å². The van der Waals surface area contributed by atoms with E-state index in [2.05, 4.69) is 12.2 Å². The van der Waals surface area contributed by atoms with Crippen LogP contribution in [0.4, 0.5) is 4.39 Å². The zero-order valence-electron chi connectivity index (χ0n) is 16.0. The minimum Gasteiger partial charge on any atom is -0.354 e. The summed E-state index contributed by atoms with van der Waals surface area (Å²) in [4.78, 5) is 26.8. The minimum absolute atomic E-state index is 0.162. The third-order valence-corrected chi connectivity index (χ3v) is 4.45. The lowest BCUT2D eigenvalue weighted by molar-refractivity contribution is -0.139. The van der Waals surface area contributed by atoms with Crippen LogP contribution in [0.1, 0.15) is 37.8 Å². The molecule has 0 radical (unpaired) electrons. The number of unbranched alkanes of at least 4 members (excludes halogenated alkanes) is 1. The number of carbonyl (C=O) groups excluding carboxylic acids is 2. The van der Waals surface area contributed by atoms with Crippen molar-refractivity contribution in [1.82, 2.24) is 10.2 Å². The fourth-order valence-electron chi connectivity index (χ4n) is 2.92. The highest BCUT2D eigenvalue weighted by Gasteiger charge is 2.28. The monoisotopic (exact) mass is 370 g/mol. The van der Waals surface area contributed by atoms with Crippen LogP contribution in [0.5, 0.6) is 0 Å². The van der Waals surface area contributed by atoms with Gasteiger partial charge in [-0.15, -0.1) is 0 Å². The van der Waals surface area contributed by atoms with Crippen LogP contribution in [0.2, 0.25) is 0 Å². The summed E-state index contributed by atoms with van der Waals surface area (Å²) in [6, 6.07) is 15.0. The van der Waals surface area contributed by atoms with Gasteiger partial charge in [-0.3, -0.25) is 9.59 Å². The van der Waals surface area contributed by atoms with E-state index < -0.39 is 6.04 Å². The summed E-state index contributed by atoms with van der Waals surface area (Å²) in [5.41, 5.74) is 1.77. The lowest BCUT2D eigenvalue weighted by Crippen LogP contribution is -2.50. The molecule has 2 amide bonds. The maximum Gasteiger partial charge on any atom is 0.243 e. The Bertz CT molecular complexity index is 732. The first-order valence-corrected chi connectivity index (χ1v) is 9.34. The number of halogens is 1. The van der Waals surface area contributed by atoms with E-state index in [9.17, 15) is 14.0 Å². The van der Waals surface area contributed by atoms with Crippen LogP contribution in [-0.4, -0.2) is 29.3 Å². The average Bonchev–Trinajstić information content (AvgIpc) is 2.66. The molecule has 0 aromatic heterocycles. The second-order valence-electron chi connectivity index (χ2n) is 6.62. The number of amides is 2. The molecular formula is C22H27FN2O2. The van der Waals surface area contributed by atoms with Gasteiger partial charge >= 0.3 is 0 Å². The molecule has 0 saturated heterocycles. The van der Waals surface area contributed by atoms with Crippen molar-refractivity contribution >= 4 is 11.8 Å². The van der Waals surface area contributed by atoms with Crippen molar-refractivity contribution < 1.29 is 14.0 Å². The van der Waals surface area contributed by atoms with Gasteiger partial charge in [0.2, 0.25) is 11.8 Å². The number of benzene rings is 2. The van der Waals surface area contributed by atoms with Crippen molar-refractivity contribution in [3.63, 3.8) is 0 Å². The Balaban J connectivity index is 2.23. The molecule has 5 heteroatoms. The maximum atomic E-state index is 13.2. The number of carbonyl (C=O) groups is 2. The average molecular weight is 370 g/mol. The quantitative estimate of drug-likeness (QED) is 0.684. The van der Waals surface area contributed by atoms with E-state index >= 15 is 0 Å². The fraction of sp³-hybridized carbons (Fsp3) is 0.364. The molecule has 0 aliphatic heterocycles. The maximum absolute atomic E-state index is 13.2. The SMILES string of the molecule is CCCCNC(=O)C(Cc1ccccc1)N(Cc1ccc(F)cc1)C(C)=O. The molecule has 4 nitrogen and oxygen atoms in total. The van der Waals surface area contributed by atoms with Gasteiger partial charge in [-0.05, 0) is 29.7 Å². The molecule has 1 unspecified atom stereocenters. The van der Waals surface area contributed by atoms with E-state index in [4.69, 9.17) is 0 Å². The van der Waals surface area contributed by atoms with Gasteiger partial charge in [0.1, 0.15) is 11.9 Å². The molecule has 0 heterocycles. The molecule has 1 N–H and O–H groups in total. The Labute approximate surface area is 160 Å². The topological polar surface area (TPSA) is 49.4 Å². The molecule has 0 aliphatic carbocycles. The molecule has 27 heavy (non-hydrogen) atoms. The van der Waals surface area contributed by atoms with Crippen molar-refractivity contribution in [3.05, 3.63) is 71.5 Å². The number of rotatable bonds is 9. The molecule has 0 spiro atoms. The summed E-state index contributed by atoms with van der Waals surface area (Å²) in [5.74, 6) is -0.679. The van der Waals surface area contributed by atoms with Crippen LogP contribution >= 0.6 is 0 Å². The molecule has 1 atom stereocenters. The smallest absolute Gasteiger partial charge is 0.243 e. The summed E-state index contributed by atoms with van der Waals surface area (Å²) in [7, 11) is 0. The summed E-state index contributed by atoms with van der Waals surface area (Å²) in [5, 5.41) is 2.94. The summed E-state index contributed by atoms with van der Waals surface area (Å²) in [6.07, 6.45) is 2.30. The van der Waals surface area contributed by atoms with E-state index in [1.54, 1.807) is 17.0 Å². The van der Waals surface area contributed by atoms with Crippen molar-refractivity contribution in [2.45, 2.75) is 45.7 Å². The highest BCUT2D eigenvalue weighted by molar-refractivity contribution is 5.87. The van der Waals surface area contributed by atoms with Gasteiger partial charge in [-0.25, -0.2) is 4.39 Å². The van der Waals surface area contributed by atoms with E-state index in [0.29, 0.717) is 13.0 Å². The van der Waals surface area contributed by atoms with E-state index in [-0.39, 0.29) is 24.2 Å². The molecule has 0 aliphatic rings. The predicted octanol–water partition coefficient (Wildman–Crippen LogP) is 3.70. The molecule has 2 aromatic rings. The van der Waals surface area contributed by atoms with Crippen molar-refractivity contribution in [2.75, 3.05) is 6.54 Å². The first-order chi connectivity index (χ1) is 13.0. The Morgan fingerprint density at radius 3 is 2.30 bits per heavy atom. The zero-order chi connectivity index (χ0) is 19.6. The lowest BCUT2D eigenvalue weighted by Gasteiger charge is -2.30. The van der Waals surface area contributed by atoms with E-state index in [1.807, 2.05) is 30.3 Å². The van der Waals surface area contributed by atoms with Crippen LogP contribution in [0, 0.1) is 5.82 Å². The Morgan fingerprint density at radius 1 is 1.04 bits per heavy atom. The first kappa shape index (κ1) is 20.6. The zero-order valence-corrected chi connectivity index (χ0v) is 16.0. The molecule has 2 aromatic carbocycles. The van der Waals surface area contributed by atoms with Crippen molar-refractivity contribution in [2.24, 2.45) is 0 Å². The fourth-order valence-corrected chi connectivity index (χ4v) is 2.92. The van der Waals surface area contributed by atoms with E-state index in [1.165, 1.54) is 19.1 Å². The highest BCUT2D eigenvalue weighted by atomic mass is 19.1. The predicted molar refractivity (Wildman–Crippen MR) is 104 cm³/mol. The van der Waals surface area contributed by atoms with Crippen LogP contribution in [0.3, 0.4) is 0 Å². The summed E-state index contributed by atoms with van der Waals surface area (Å²) < 4.78 is 13.2. The van der Waals surface area contributed by atoms with Gasteiger partial charge in [0, 0.05) is 26.4 Å². The third kappa shape index (κ3) is 6.51. The standard InChI is InChI=1S/C22H27FN2O2/c1-3-4-14-24-22(27)21(15-18-8-6-5-7-9-18)25(17(2)26)16-19-10-12-20(23)13-11-19/h5-13,21H,3-4,14-16H2,1-2H3,(H,24,27). The first-order valence-electron chi connectivity index (χ1n) is 9.34. The van der Waals surface area contributed by atoms with Gasteiger partial charge in [-0.1, -0.05) is 55.8 Å². The number of hydrogen-bond donors (Lipinski definition) is 1. The molecule has 144 valence electrons. The molecule has 0 fully saturated rings. The lowest BCUT2D eigenvalue weighted by atomic mass is 10.0. The summed E-state index contributed by atoms with van der Waals surface area (Å²) in [6.45, 7) is 4.36. The van der Waals surface area contributed by atoms with Gasteiger partial charge < -0.3 is 10.2 Å². The van der Waals surface area contributed by atoms with Crippen LogP contribution in [-0.2, 0) is 22.6 Å². The highest BCUT2D eigenvalue weighted by Crippen LogP contribution is 2.15. The normalized spacial score (nSPS) is 11.7. The van der Waals surface area contributed by atoms with E-state index in [0.717, 1.165) is 24.0 Å². The summed E-state index contributed by atoms with van der Waals surface area (Å²) >= 11 is 0. The Hall–Kier alpha value is -2.69. The van der Waals surface area contributed by atoms with Crippen molar-refractivity contribution in [3.8, 4) is 0 Å². The van der Waals surface area contributed by atoms with Crippen LogP contribution in [0.25, 0.3) is 0 Å². The minimum atomic E-state index is -0.619. The number of nitrogens with one attached hydrogen (secondary N) is 1. The Morgan fingerprint density at radius 2 is 1.70 bits per heavy atom. The largest absolute Gasteiger partial charge is 0.354 e. The van der Waals surface area contributed by atoms with Gasteiger partial charge in [-0.2, -0.15) is 0 Å². The second-order valence-corrected chi connectivity index (χ2v) is 6.62. The third-order valence-electron chi connectivity index (χ3n) is 4.45. The second kappa shape index (κ2) is 10.5. The van der Waals surface area contributed by atoms with Crippen molar-refractivity contribution in [1.29, 1.82) is 0 Å². The van der Waals surface area contributed by atoms with Gasteiger partial charge in [0.05, 0.1) is 0 Å². The molecule has 2 rings (SSSR count). The molecule has 0 bridgehead atoms.